The van der Waals surface area contributed by atoms with Crippen molar-refractivity contribution < 1.29 is 0 Å². The summed E-state index contributed by atoms with van der Waals surface area (Å²) in [6.07, 6.45) is 14.3. The number of rotatable bonds is 7. The number of terminal acetylenes is 1. The van der Waals surface area contributed by atoms with Crippen molar-refractivity contribution in [1.29, 1.82) is 0 Å². The van der Waals surface area contributed by atoms with E-state index in [2.05, 4.69) is 27.7 Å². The van der Waals surface area contributed by atoms with E-state index in [1.807, 2.05) is 12.5 Å². The van der Waals surface area contributed by atoms with Crippen LogP contribution in [0.4, 0.5) is 0 Å². The Morgan fingerprint density at radius 1 is 1.60 bits per heavy atom. The molecule has 3 nitrogen and oxygen atoms in total. The first-order valence-electron chi connectivity index (χ1n) is 5.52. The molecule has 1 unspecified atom stereocenters. The number of hydrogen-bond acceptors (Lipinski definition) is 2. The highest BCUT2D eigenvalue weighted by atomic mass is 15.0. The van der Waals surface area contributed by atoms with E-state index in [-0.39, 0.29) is 6.04 Å². The van der Waals surface area contributed by atoms with Gasteiger partial charge in [0, 0.05) is 18.9 Å². The molecule has 0 aliphatic heterocycles. The van der Waals surface area contributed by atoms with Crippen LogP contribution in [0.15, 0.2) is 18.7 Å². The molecule has 82 valence electrons. The summed E-state index contributed by atoms with van der Waals surface area (Å²) >= 11 is 0. The Kier molecular flexibility index (Phi) is 5.57. The number of imidazole rings is 1. The Bertz CT molecular complexity index is 284. The average molecular weight is 205 g/mol. The van der Waals surface area contributed by atoms with Gasteiger partial charge in [-0.2, -0.15) is 0 Å². The summed E-state index contributed by atoms with van der Waals surface area (Å²) in [6, 6.07) is 0.234. The number of aromatic nitrogens is 2. The minimum absolute atomic E-state index is 0.234. The summed E-state index contributed by atoms with van der Waals surface area (Å²) in [6.45, 7) is 4.11. The predicted octanol–water partition coefficient (Wildman–Crippen LogP) is 1.66. The molecular weight excluding hydrogens is 186 g/mol. The van der Waals surface area contributed by atoms with Crippen molar-refractivity contribution in [3.05, 3.63) is 18.7 Å². The molecule has 1 aromatic rings. The van der Waals surface area contributed by atoms with Gasteiger partial charge in [0.1, 0.15) is 0 Å². The van der Waals surface area contributed by atoms with Crippen molar-refractivity contribution in [2.75, 3.05) is 6.54 Å². The zero-order valence-corrected chi connectivity index (χ0v) is 9.32. The number of aryl methyl sites for hydroxylation is 1. The second-order valence-electron chi connectivity index (χ2n) is 3.62. The Morgan fingerprint density at radius 3 is 3.07 bits per heavy atom. The molecule has 0 aliphatic carbocycles. The third-order valence-electron chi connectivity index (χ3n) is 2.32. The lowest BCUT2D eigenvalue weighted by Gasteiger charge is -2.11. The fourth-order valence-corrected chi connectivity index (χ4v) is 1.49. The Hall–Kier alpha value is -1.27. The van der Waals surface area contributed by atoms with E-state index >= 15 is 0 Å². The van der Waals surface area contributed by atoms with E-state index < -0.39 is 0 Å². The van der Waals surface area contributed by atoms with Gasteiger partial charge in [0.2, 0.25) is 0 Å². The highest BCUT2D eigenvalue weighted by molar-refractivity contribution is 4.98. The van der Waals surface area contributed by atoms with Crippen LogP contribution in [0, 0.1) is 12.3 Å². The normalized spacial score (nSPS) is 12.3. The van der Waals surface area contributed by atoms with E-state index in [9.17, 15) is 0 Å². The van der Waals surface area contributed by atoms with Gasteiger partial charge < -0.3 is 9.88 Å². The monoisotopic (exact) mass is 205 g/mol. The largest absolute Gasteiger partial charge is 0.337 e. The van der Waals surface area contributed by atoms with Gasteiger partial charge in [0.15, 0.2) is 0 Å². The highest BCUT2D eigenvalue weighted by Crippen LogP contribution is 1.95. The molecule has 1 N–H and O–H groups in total. The number of hydrogen-bond donors (Lipinski definition) is 1. The van der Waals surface area contributed by atoms with Crippen LogP contribution in [-0.4, -0.2) is 22.1 Å². The maximum Gasteiger partial charge on any atom is 0.0945 e. The summed E-state index contributed by atoms with van der Waals surface area (Å²) in [5, 5.41) is 3.36. The zero-order valence-electron chi connectivity index (χ0n) is 9.32. The number of nitrogens with one attached hydrogen (secondary N) is 1. The van der Waals surface area contributed by atoms with Gasteiger partial charge >= 0.3 is 0 Å². The maximum atomic E-state index is 5.41. The molecule has 0 aliphatic rings. The topological polar surface area (TPSA) is 29.9 Å². The molecule has 0 saturated carbocycles. The van der Waals surface area contributed by atoms with Gasteiger partial charge in [-0.05, 0) is 19.4 Å². The second kappa shape index (κ2) is 7.08. The first-order valence-corrected chi connectivity index (χ1v) is 5.52. The molecule has 0 radical (unpaired) electrons. The molecule has 0 bridgehead atoms. The predicted molar refractivity (Wildman–Crippen MR) is 62.4 cm³/mol. The molecule has 1 rings (SSSR count). The molecule has 15 heavy (non-hydrogen) atoms. The van der Waals surface area contributed by atoms with Gasteiger partial charge in [0.25, 0.3) is 0 Å². The fraction of sp³-hybridized carbons (Fsp3) is 0.583. The minimum Gasteiger partial charge on any atom is -0.337 e. The average Bonchev–Trinajstić information content (AvgIpc) is 2.75. The SMILES string of the molecule is C#CC(CCC)NCCCn1ccnc1. The van der Waals surface area contributed by atoms with Crippen LogP contribution in [0.25, 0.3) is 0 Å². The van der Waals surface area contributed by atoms with E-state index in [4.69, 9.17) is 6.42 Å². The van der Waals surface area contributed by atoms with Crippen LogP contribution in [0.5, 0.6) is 0 Å². The van der Waals surface area contributed by atoms with E-state index in [0.29, 0.717) is 0 Å². The minimum atomic E-state index is 0.234. The van der Waals surface area contributed by atoms with Crippen LogP contribution in [0.1, 0.15) is 26.2 Å². The van der Waals surface area contributed by atoms with E-state index in [0.717, 1.165) is 32.4 Å². The summed E-state index contributed by atoms with van der Waals surface area (Å²) in [5.41, 5.74) is 0. The Morgan fingerprint density at radius 2 is 2.47 bits per heavy atom. The van der Waals surface area contributed by atoms with Crippen molar-refractivity contribution in [3.8, 4) is 12.3 Å². The number of nitrogens with zero attached hydrogens (tertiary/aromatic N) is 2. The summed E-state index contributed by atoms with van der Waals surface area (Å²) < 4.78 is 2.08. The van der Waals surface area contributed by atoms with Crippen molar-refractivity contribution >= 4 is 0 Å². The van der Waals surface area contributed by atoms with Crippen molar-refractivity contribution in [3.63, 3.8) is 0 Å². The Balaban J connectivity index is 2.08. The van der Waals surface area contributed by atoms with Gasteiger partial charge in [-0.1, -0.05) is 19.3 Å². The van der Waals surface area contributed by atoms with Crippen LogP contribution >= 0.6 is 0 Å². The molecule has 0 spiro atoms. The first-order chi connectivity index (χ1) is 7.36. The summed E-state index contributed by atoms with van der Waals surface area (Å²) in [4.78, 5) is 3.99. The molecule has 0 saturated heterocycles. The molecular formula is C12H19N3. The van der Waals surface area contributed by atoms with Gasteiger partial charge in [-0.15, -0.1) is 6.42 Å². The lowest BCUT2D eigenvalue weighted by molar-refractivity contribution is 0.524. The van der Waals surface area contributed by atoms with Crippen molar-refractivity contribution in [2.24, 2.45) is 0 Å². The molecule has 1 heterocycles. The second-order valence-corrected chi connectivity index (χ2v) is 3.62. The first kappa shape index (κ1) is 11.8. The zero-order chi connectivity index (χ0) is 10.9. The lowest BCUT2D eigenvalue weighted by atomic mass is 10.2. The van der Waals surface area contributed by atoms with E-state index in [1.165, 1.54) is 0 Å². The molecule has 0 amide bonds. The van der Waals surface area contributed by atoms with Crippen LogP contribution < -0.4 is 5.32 Å². The standard InChI is InChI=1S/C12H19N3/c1-3-6-12(4-2)14-7-5-9-15-10-8-13-11-15/h2,8,10-12,14H,3,5-7,9H2,1H3. The van der Waals surface area contributed by atoms with Crippen LogP contribution in [0.3, 0.4) is 0 Å². The van der Waals surface area contributed by atoms with Crippen LogP contribution in [0.2, 0.25) is 0 Å². The Labute approximate surface area is 91.9 Å². The third-order valence-corrected chi connectivity index (χ3v) is 2.32. The highest BCUT2D eigenvalue weighted by Gasteiger charge is 2.00. The van der Waals surface area contributed by atoms with Gasteiger partial charge in [-0.3, -0.25) is 0 Å². The maximum absolute atomic E-state index is 5.41. The molecule has 0 aromatic carbocycles. The summed E-state index contributed by atoms with van der Waals surface area (Å²) in [7, 11) is 0. The van der Waals surface area contributed by atoms with Gasteiger partial charge in [0.05, 0.1) is 12.4 Å². The van der Waals surface area contributed by atoms with Crippen molar-refractivity contribution in [1.82, 2.24) is 14.9 Å². The quantitative estimate of drug-likeness (QED) is 0.542. The van der Waals surface area contributed by atoms with Gasteiger partial charge in [-0.25, -0.2) is 4.98 Å². The van der Waals surface area contributed by atoms with Crippen molar-refractivity contribution in [2.45, 2.75) is 38.8 Å². The fourth-order valence-electron chi connectivity index (χ4n) is 1.49. The molecule has 3 heteroatoms. The smallest absolute Gasteiger partial charge is 0.0945 e. The molecule has 0 fully saturated rings. The molecule has 1 atom stereocenters. The molecule has 1 aromatic heterocycles. The third kappa shape index (κ3) is 4.66. The van der Waals surface area contributed by atoms with Crippen LogP contribution in [-0.2, 0) is 6.54 Å². The summed E-state index contributed by atoms with van der Waals surface area (Å²) in [5.74, 6) is 2.77. The lowest BCUT2D eigenvalue weighted by Crippen LogP contribution is -2.28. The van der Waals surface area contributed by atoms with E-state index in [1.54, 1.807) is 6.20 Å².